The van der Waals surface area contributed by atoms with Crippen LogP contribution in [-0.2, 0) is 19.4 Å². The molecule has 0 saturated carbocycles. The van der Waals surface area contributed by atoms with E-state index in [2.05, 4.69) is 15.6 Å². The van der Waals surface area contributed by atoms with E-state index in [1.54, 1.807) is 0 Å². The van der Waals surface area contributed by atoms with Crippen LogP contribution in [-0.4, -0.2) is 20.8 Å². The van der Waals surface area contributed by atoms with E-state index >= 15 is 0 Å². The molecule has 1 N–H and O–H groups in total. The van der Waals surface area contributed by atoms with Gasteiger partial charge in [0.1, 0.15) is 0 Å². The molecular weight excluding hydrogens is 328 g/mol. The zero-order chi connectivity index (χ0) is 17.9. The normalized spacial score (nSPS) is 13.9. The molecule has 0 unspecified atom stereocenters. The largest absolute Gasteiger partial charge is 0.359 e. The van der Waals surface area contributed by atoms with Crippen molar-refractivity contribution in [1.82, 2.24) is 20.3 Å². The molecule has 0 spiro atoms. The number of nitrogens with zero attached hydrogens (tertiary/aromatic N) is 3. The van der Waals surface area contributed by atoms with Gasteiger partial charge in [-0.25, -0.2) is 4.68 Å². The number of hydrogen-bond donors (Lipinski definition) is 1. The van der Waals surface area contributed by atoms with Gasteiger partial charge in [0.05, 0.1) is 17.9 Å². The molecule has 6 nitrogen and oxygen atoms in total. The Morgan fingerprint density at radius 3 is 2.77 bits per heavy atom. The van der Waals surface area contributed by atoms with Crippen LogP contribution in [0, 0.1) is 6.92 Å². The molecule has 0 atom stereocenters. The quantitative estimate of drug-likeness (QED) is 0.732. The van der Waals surface area contributed by atoms with Crippen molar-refractivity contribution in [1.29, 1.82) is 0 Å². The SMILES string of the molecule is Cc1cc(CNC(=O)c2nn(-c3ccccc3)c3c2CCCCC3)on1. The monoisotopic (exact) mass is 350 g/mol. The van der Waals surface area contributed by atoms with E-state index < -0.39 is 0 Å². The second-order valence-corrected chi connectivity index (χ2v) is 6.70. The molecule has 134 valence electrons. The molecule has 1 aliphatic rings. The highest BCUT2D eigenvalue weighted by atomic mass is 16.5. The van der Waals surface area contributed by atoms with Crippen molar-refractivity contribution in [3.63, 3.8) is 0 Å². The van der Waals surface area contributed by atoms with Crippen molar-refractivity contribution >= 4 is 5.91 Å². The van der Waals surface area contributed by atoms with Gasteiger partial charge < -0.3 is 9.84 Å². The lowest BCUT2D eigenvalue weighted by molar-refractivity contribution is 0.0940. The van der Waals surface area contributed by atoms with Gasteiger partial charge in [-0.1, -0.05) is 29.8 Å². The third-order valence-electron chi connectivity index (χ3n) is 4.75. The maximum atomic E-state index is 12.8. The molecule has 1 aliphatic carbocycles. The Bertz CT molecular complexity index is 911. The molecule has 0 saturated heterocycles. The summed E-state index contributed by atoms with van der Waals surface area (Å²) in [5.74, 6) is 0.483. The number of fused-ring (bicyclic) bond motifs is 1. The summed E-state index contributed by atoms with van der Waals surface area (Å²) in [7, 11) is 0. The van der Waals surface area contributed by atoms with Crippen molar-refractivity contribution in [3.05, 3.63) is 64.8 Å². The molecule has 0 fully saturated rings. The summed E-state index contributed by atoms with van der Waals surface area (Å²) >= 11 is 0. The first-order chi connectivity index (χ1) is 12.7. The standard InChI is InChI=1S/C20H22N4O2/c1-14-12-16(26-23-14)13-21-20(25)19-17-10-6-3-7-11-18(17)24(22-19)15-8-4-2-5-9-15/h2,4-5,8-9,12H,3,6-7,10-11,13H2,1H3,(H,21,25). The van der Waals surface area contributed by atoms with Gasteiger partial charge in [-0.15, -0.1) is 0 Å². The van der Waals surface area contributed by atoms with E-state index in [4.69, 9.17) is 4.52 Å². The molecule has 26 heavy (non-hydrogen) atoms. The Labute approximate surface area is 152 Å². The van der Waals surface area contributed by atoms with Crippen LogP contribution in [0.3, 0.4) is 0 Å². The Hall–Kier alpha value is -2.89. The van der Waals surface area contributed by atoms with Crippen LogP contribution in [0.5, 0.6) is 0 Å². The first kappa shape index (κ1) is 16.6. The summed E-state index contributed by atoms with van der Waals surface area (Å²) in [6, 6.07) is 11.8. The third kappa shape index (κ3) is 3.27. The van der Waals surface area contributed by atoms with E-state index in [1.165, 1.54) is 6.42 Å². The van der Waals surface area contributed by atoms with Gasteiger partial charge >= 0.3 is 0 Å². The molecule has 0 aliphatic heterocycles. The fourth-order valence-electron chi connectivity index (χ4n) is 3.49. The van der Waals surface area contributed by atoms with E-state index in [0.717, 1.165) is 48.3 Å². The lowest BCUT2D eigenvalue weighted by Crippen LogP contribution is -2.24. The minimum absolute atomic E-state index is 0.160. The second kappa shape index (κ2) is 7.15. The Balaban J connectivity index is 1.64. The number of amides is 1. The number of rotatable bonds is 4. The number of carbonyl (C=O) groups is 1. The molecule has 0 bridgehead atoms. The van der Waals surface area contributed by atoms with Crippen molar-refractivity contribution in [2.45, 2.75) is 45.6 Å². The summed E-state index contributed by atoms with van der Waals surface area (Å²) in [5.41, 5.74) is 4.57. The summed E-state index contributed by atoms with van der Waals surface area (Å²) < 4.78 is 7.11. The van der Waals surface area contributed by atoms with E-state index in [0.29, 0.717) is 18.0 Å². The summed E-state index contributed by atoms with van der Waals surface area (Å²) in [5, 5.41) is 11.4. The average Bonchev–Trinajstić information content (AvgIpc) is 3.16. The van der Waals surface area contributed by atoms with Gasteiger partial charge in [-0.3, -0.25) is 4.79 Å². The van der Waals surface area contributed by atoms with Crippen LogP contribution in [0.2, 0.25) is 0 Å². The fourth-order valence-corrected chi connectivity index (χ4v) is 3.49. The summed E-state index contributed by atoms with van der Waals surface area (Å²) in [6.45, 7) is 2.17. The molecule has 3 aromatic rings. The zero-order valence-corrected chi connectivity index (χ0v) is 14.9. The van der Waals surface area contributed by atoms with E-state index in [9.17, 15) is 4.79 Å². The Morgan fingerprint density at radius 2 is 2.00 bits per heavy atom. The third-order valence-corrected chi connectivity index (χ3v) is 4.75. The van der Waals surface area contributed by atoms with Crippen LogP contribution in [0.4, 0.5) is 0 Å². The highest BCUT2D eigenvalue weighted by Gasteiger charge is 2.24. The zero-order valence-electron chi connectivity index (χ0n) is 14.9. The number of hydrogen-bond acceptors (Lipinski definition) is 4. The maximum Gasteiger partial charge on any atom is 0.272 e. The lowest BCUT2D eigenvalue weighted by atomic mass is 10.1. The first-order valence-corrected chi connectivity index (χ1v) is 9.09. The molecule has 1 amide bonds. The number of benzene rings is 1. The van der Waals surface area contributed by atoms with Crippen LogP contribution >= 0.6 is 0 Å². The number of aryl methyl sites for hydroxylation is 1. The minimum Gasteiger partial charge on any atom is -0.359 e. The van der Waals surface area contributed by atoms with Gasteiger partial charge in [0.25, 0.3) is 5.91 Å². The van der Waals surface area contributed by atoms with Crippen molar-refractivity contribution < 1.29 is 9.32 Å². The summed E-state index contributed by atoms with van der Waals surface area (Å²) in [6.07, 6.45) is 5.25. The molecule has 2 heterocycles. The second-order valence-electron chi connectivity index (χ2n) is 6.70. The van der Waals surface area contributed by atoms with Crippen LogP contribution in [0.25, 0.3) is 5.69 Å². The predicted octanol–water partition coefficient (Wildman–Crippen LogP) is 3.37. The predicted molar refractivity (Wildman–Crippen MR) is 97.2 cm³/mol. The lowest BCUT2D eigenvalue weighted by Gasteiger charge is -2.06. The highest BCUT2D eigenvalue weighted by Crippen LogP contribution is 2.26. The smallest absolute Gasteiger partial charge is 0.272 e. The van der Waals surface area contributed by atoms with Gasteiger partial charge in [0, 0.05) is 17.3 Å². The van der Waals surface area contributed by atoms with Gasteiger partial charge in [0.2, 0.25) is 0 Å². The first-order valence-electron chi connectivity index (χ1n) is 9.09. The number of carbonyl (C=O) groups excluding carboxylic acids is 1. The molecule has 0 radical (unpaired) electrons. The Morgan fingerprint density at radius 1 is 1.19 bits per heavy atom. The maximum absolute atomic E-state index is 12.8. The molecule has 6 heteroatoms. The molecule has 2 aromatic heterocycles. The van der Waals surface area contributed by atoms with Crippen LogP contribution in [0.15, 0.2) is 40.9 Å². The van der Waals surface area contributed by atoms with Crippen molar-refractivity contribution in [2.24, 2.45) is 0 Å². The van der Waals surface area contributed by atoms with Crippen molar-refractivity contribution in [3.8, 4) is 5.69 Å². The van der Waals surface area contributed by atoms with Gasteiger partial charge in [-0.05, 0) is 44.7 Å². The summed E-state index contributed by atoms with van der Waals surface area (Å²) in [4.78, 5) is 12.8. The minimum atomic E-state index is -0.160. The van der Waals surface area contributed by atoms with E-state index in [-0.39, 0.29) is 5.91 Å². The fraction of sp³-hybridized carbons (Fsp3) is 0.350. The van der Waals surface area contributed by atoms with Gasteiger partial charge in [-0.2, -0.15) is 5.10 Å². The van der Waals surface area contributed by atoms with Crippen molar-refractivity contribution in [2.75, 3.05) is 0 Å². The molecule has 1 aromatic carbocycles. The van der Waals surface area contributed by atoms with Crippen LogP contribution in [0.1, 0.15) is 52.5 Å². The molecule has 4 rings (SSSR count). The number of para-hydroxylation sites is 1. The number of aromatic nitrogens is 3. The highest BCUT2D eigenvalue weighted by molar-refractivity contribution is 5.94. The Kier molecular flexibility index (Phi) is 4.56. The topological polar surface area (TPSA) is 73.0 Å². The molecular formula is C20H22N4O2. The number of nitrogens with one attached hydrogen (secondary N) is 1. The van der Waals surface area contributed by atoms with E-state index in [1.807, 2.05) is 48.0 Å². The van der Waals surface area contributed by atoms with Crippen LogP contribution < -0.4 is 5.32 Å². The van der Waals surface area contributed by atoms with Gasteiger partial charge in [0.15, 0.2) is 11.5 Å². The average molecular weight is 350 g/mol.